The molecule has 0 aromatic carbocycles. The molecule has 0 saturated carbocycles. The van der Waals surface area contributed by atoms with Crippen molar-refractivity contribution in [2.75, 3.05) is 24.2 Å². The third-order valence-corrected chi connectivity index (χ3v) is 5.42. The van der Waals surface area contributed by atoms with E-state index in [1.54, 1.807) is 0 Å². The van der Waals surface area contributed by atoms with Gasteiger partial charge in [0.05, 0.1) is 17.9 Å². The van der Waals surface area contributed by atoms with Crippen LogP contribution in [0, 0.1) is 22.7 Å². The Morgan fingerprint density at radius 2 is 1.59 bits per heavy atom. The molecule has 0 atom stereocenters. The second-order valence-electron chi connectivity index (χ2n) is 3.30. The summed E-state index contributed by atoms with van der Waals surface area (Å²) >= 11 is 0. The third-order valence-electron chi connectivity index (χ3n) is 1.96. The number of nitrogens with zero attached hydrogens (tertiary/aromatic N) is 2. The van der Waals surface area contributed by atoms with Crippen molar-refractivity contribution in [3.63, 3.8) is 0 Å². The van der Waals surface area contributed by atoms with Crippen molar-refractivity contribution >= 4 is 18.0 Å². The van der Waals surface area contributed by atoms with Gasteiger partial charge in [-0.05, 0) is 24.9 Å². The largest absolute Gasteiger partial charge is 1.00 e. The molecule has 92 valence electrons. The summed E-state index contributed by atoms with van der Waals surface area (Å²) in [6.45, 7) is 0. The van der Waals surface area contributed by atoms with Crippen molar-refractivity contribution in [3.05, 3.63) is 0 Å². The molecule has 1 N–H and O–H groups in total. The maximum atomic E-state index is 10.5. The Kier molecular flexibility index (Phi) is 13.2. The maximum absolute atomic E-state index is 10.5. The van der Waals surface area contributed by atoms with E-state index >= 15 is 0 Å². The van der Waals surface area contributed by atoms with Crippen LogP contribution in [0.5, 0.6) is 0 Å². The second-order valence-corrected chi connectivity index (χ2v) is 7.55. The van der Waals surface area contributed by atoms with E-state index in [2.05, 4.69) is 0 Å². The summed E-state index contributed by atoms with van der Waals surface area (Å²) in [5.74, 6) is -0.231. The van der Waals surface area contributed by atoms with E-state index in [1.165, 1.54) is 0 Å². The Morgan fingerprint density at radius 1 is 1.12 bits per heavy atom. The molecule has 0 aliphatic heterocycles. The monoisotopic (exact) mass is 286 g/mol. The van der Waals surface area contributed by atoms with Gasteiger partial charge in [0.15, 0.2) is 0 Å². The first-order chi connectivity index (χ1) is 7.49. The minimum atomic E-state index is -3.88. The van der Waals surface area contributed by atoms with Gasteiger partial charge < -0.3 is 1.43 Å². The van der Waals surface area contributed by atoms with Gasteiger partial charge in [-0.25, -0.2) is 0 Å². The SMILES string of the molecule is N#CCCP(CCC#N)CCCS(=O)(=O)O.[H-].[Na+]. The van der Waals surface area contributed by atoms with E-state index in [-0.39, 0.29) is 36.7 Å². The summed E-state index contributed by atoms with van der Waals surface area (Å²) in [6, 6.07) is 4.09. The van der Waals surface area contributed by atoms with Crippen LogP contribution in [0.1, 0.15) is 20.7 Å². The summed E-state index contributed by atoms with van der Waals surface area (Å²) in [6.07, 6.45) is 3.49. The summed E-state index contributed by atoms with van der Waals surface area (Å²) < 4.78 is 29.6. The predicted octanol–water partition coefficient (Wildman–Crippen LogP) is -1.31. The molecule has 5 nitrogen and oxygen atoms in total. The molecule has 0 radical (unpaired) electrons. The molecule has 0 heterocycles. The van der Waals surface area contributed by atoms with E-state index in [9.17, 15) is 8.42 Å². The molecule has 0 fully saturated rings. The van der Waals surface area contributed by atoms with Crippen molar-refractivity contribution in [1.82, 2.24) is 0 Å². The van der Waals surface area contributed by atoms with E-state index in [4.69, 9.17) is 15.1 Å². The molecule has 0 bridgehead atoms. The van der Waals surface area contributed by atoms with Crippen LogP contribution >= 0.6 is 7.92 Å². The number of hydrogen-bond acceptors (Lipinski definition) is 4. The molecule has 0 unspecified atom stereocenters. The van der Waals surface area contributed by atoms with E-state index < -0.39 is 18.0 Å². The maximum Gasteiger partial charge on any atom is 1.00 e. The topological polar surface area (TPSA) is 102 Å². The zero-order chi connectivity index (χ0) is 12.4. The average molecular weight is 286 g/mol. The fraction of sp³-hybridized carbons (Fsp3) is 0.778. The Bertz CT molecular complexity index is 362. The van der Waals surface area contributed by atoms with Crippen molar-refractivity contribution in [1.29, 1.82) is 10.5 Å². The van der Waals surface area contributed by atoms with Crippen molar-refractivity contribution in [2.24, 2.45) is 0 Å². The van der Waals surface area contributed by atoms with E-state index in [0.29, 0.717) is 25.4 Å². The Labute approximate surface area is 127 Å². The van der Waals surface area contributed by atoms with Gasteiger partial charge in [0.1, 0.15) is 0 Å². The van der Waals surface area contributed by atoms with Gasteiger partial charge in [-0.15, -0.1) is 7.92 Å². The van der Waals surface area contributed by atoms with Gasteiger partial charge in [0.2, 0.25) is 0 Å². The minimum Gasteiger partial charge on any atom is -1.00 e. The Morgan fingerprint density at radius 3 is 1.94 bits per heavy atom. The first kappa shape index (κ1) is 19.7. The number of rotatable bonds is 8. The van der Waals surface area contributed by atoms with E-state index in [0.717, 1.165) is 12.3 Å². The molecular weight excluding hydrogens is 270 g/mol. The van der Waals surface area contributed by atoms with Crippen LogP contribution in [0.15, 0.2) is 0 Å². The average Bonchev–Trinajstić information content (AvgIpc) is 2.19. The minimum absolute atomic E-state index is 0. The molecule has 17 heavy (non-hydrogen) atoms. The van der Waals surface area contributed by atoms with Crippen LogP contribution in [0.25, 0.3) is 0 Å². The van der Waals surface area contributed by atoms with Gasteiger partial charge in [-0.1, -0.05) is 0 Å². The molecule has 8 heteroatoms. The second kappa shape index (κ2) is 11.4. The van der Waals surface area contributed by atoms with Gasteiger partial charge >= 0.3 is 29.6 Å². The smallest absolute Gasteiger partial charge is 1.00 e. The van der Waals surface area contributed by atoms with Crippen LogP contribution in [-0.2, 0) is 10.1 Å². The first-order valence-electron chi connectivity index (χ1n) is 4.91. The standard InChI is InChI=1S/C9H15N2O3PS.Na.H/c10-4-1-6-15(7-2-5-11)8-3-9-16(12,13)14;;/h1-3,6-9H2,(H,12,13,14);;/q;+1;-1. The Balaban J connectivity index is -0.00000112. The molecule has 0 aromatic rings. The van der Waals surface area contributed by atoms with Crippen LogP contribution in [0.2, 0.25) is 0 Å². The molecule has 0 aliphatic carbocycles. The van der Waals surface area contributed by atoms with Crippen LogP contribution in [0.3, 0.4) is 0 Å². The molecule has 0 rings (SSSR count). The van der Waals surface area contributed by atoms with Gasteiger partial charge in [-0.2, -0.15) is 18.9 Å². The van der Waals surface area contributed by atoms with Crippen LogP contribution in [0.4, 0.5) is 0 Å². The molecule has 0 aliphatic rings. The zero-order valence-corrected chi connectivity index (χ0v) is 13.7. The molecule has 0 spiro atoms. The van der Waals surface area contributed by atoms with Crippen molar-refractivity contribution in [3.8, 4) is 12.1 Å². The molecular formula is C9H16N2NaO3PS. The summed E-state index contributed by atoms with van der Waals surface area (Å²) in [7, 11) is -4.33. The number of hydrogen-bond donors (Lipinski definition) is 1. The predicted molar refractivity (Wildman–Crippen MR) is 64.1 cm³/mol. The fourth-order valence-electron chi connectivity index (χ4n) is 1.22. The summed E-state index contributed by atoms with van der Waals surface area (Å²) in [5, 5.41) is 16.9. The Hall–Kier alpha value is 0.320. The quantitative estimate of drug-likeness (QED) is 0.339. The van der Waals surface area contributed by atoms with Gasteiger partial charge in [0, 0.05) is 12.8 Å². The first-order valence-corrected chi connectivity index (χ1v) is 8.41. The fourth-order valence-corrected chi connectivity index (χ4v) is 4.05. The van der Waals surface area contributed by atoms with Crippen LogP contribution in [-0.4, -0.2) is 37.2 Å². The molecule has 0 amide bonds. The van der Waals surface area contributed by atoms with Crippen LogP contribution < -0.4 is 29.6 Å². The van der Waals surface area contributed by atoms with Gasteiger partial charge in [0.25, 0.3) is 10.1 Å². The third kappa shape index (κ3) is 14.3. The molecule has 0 aromatic heterocycles. The summed E-state index contributed by atoms with van der Waals surface area (Å²) in [5.41, 5.74) is 0. The van der Waals surface area contributed by atoms with Gasteiger partial charge in [-0.3, -0.25) is 4.55 Å². The number of nitriles is 2. The summed E-state index contributed by atoms with van der Waals surface area (Å²) in [4.78, 5) is 0. The normalized spacial score (nSPS) is 10.4. The zero-order valence-electron chi connectivity index (χ0n) is 11.0. The van der Waals surface area contributed by atoms with E-state index in [1.807, 2.05) is 12.1 Å². The van der Waals surface area contributed by atoms with Crippen molar-refractivity contribution in [2.45, 2.75) is 19.3 Å². The molecule has 0 saturated heterocycles. The van der Waals surface area contributed by atoms with Crippen molar-refractivity contribution < 1.29 is 44.0 Å².